The molecule has 0 spiro atoms. The number of rotatable bonds is 10. The molecule has 1 amide bonds. The van der Waals surface area contributed by atoms with E-state index in [1.165, 1.54) is 16.9 Å². The van der Waals surface area contributed by atoms with Crippen LogP contribution in [0, 0.1) is 0 Å². The zero-order valence-corrected chi connectivity index (χ0v) is 19.5. The minimum Gasteiger partial charge on any atom is -0.493 e. The number of hydrogen-bond acceptors (Lipinski definition) is 5. The summed E-state index contributed by atoms with van der Waals surface area (Å²) in [6, 6.07) is 13.8. The van der Waals surface area contributed by atoms with Crippen LogP contribution in [-0.4, -0.2) is 24.1 Å². The van der Waals surface area contributed by atoms with Crippen molar-refractivity contribution in [3.8, 4) is 22.8 Å². The molecule has 1 heterocycles. The van der Waals surface area contributed by atoms with E-state index in [2.05, 4.69) is 45.3 Å². The number of aromatic nitrogens is 1. The highest BCUT2D eigenvalue weighted by Gasteiger charge is 2.12. The Kier molecular flexibility index (Phi) is 8.28. The molecule has 0 saturated carbocycles. The van der Waals surface area contributed by atoms with Crippen LogP contribution in [0.5, 0.6) is 11.5 Å². The second-order valence-corrected chi connectivity index (χ2v) is 8.30. The Balaban J connectivity index is 1.48. The zero-order valence-electron chi connectivity index (χ0n) is 17.1. The summed E-state index contributed by atoms with van der Waals surface area (Å²) >= 11 is 4.93. The van der Waals surface area contributed by atoms with Gasteiger partial charge >= 0.3 is 0 Å². The van der Waals surface area contributed by atoms with Gasteiger partial charge in [-0.2, -0.15) is 0 Å². The predicted molar refractivity (Wildman–Crippen MR) is 126 cm³/mol. The fourth-order valence-corrected chi connectivity index (χ4v) is 4.16. The Morgan fingerprint density at radius 2 is 1.97 bits per heavy atom. The van der Waals surface area contributed by atoms with Gasteiger partial charge in [-0.15, -0.1) is 11.3 Å². The van der Waals surface area contributed by atoms with Gasteiger partial charge in [-0.25, -0.2) is 4.98 Å². The Bertz CT molecular complexity index is 990. The van der Waals surface area contributed by atoms with Crippen molar-refractivity contribution in [2.75, 3.05) is 18.5 Å². The molecular weight excluding hydrogens is 464 g/mol. The van der Waals surface area contributed by atoms with Crippen LogP contribution in [0.4, 0.5) is 5.13 Å². The summed E-state index contributed by atoms with van der Waals surface area (Å²) in [5, 5.41) is 5.38. The molecule has 30 heavy (non-hydrogen) atoms. The Hall–Kier alpha value is -2.38. The number of aryl methyl sites for hydroxylation is 1. The fourth-order valence-electron chi connectivity index (χ4n) is 2.89. The Labute approximate surface area is 189 Å². The Morgan fingerprint density at radius 3 is 2.73 bits per heavy atom. The maximum Gasteiger partial charge on any atom is 0.226 e. The predicted octanol–water partition coefficient (Wildman–Crippen LogP) is 6.33. The molecule has 158 valence electrons. The third-order valence-corrected chi connectivity index (χ3v) is 5.80. The SMILES string of the molecule is CCOc1ccccc1-c1csc(NC(=O)CCCOc2ccc(CC)cc2Br)n1. The molecule has 0 radical (unpaired) electrons. The normalized spacial score (nSPS) is 10.6. The van der Waals surface area contributed by atoms with Crippen molar-refractivity contribution in [2.24, 2.45) is 0 Å². The molecule has 0 bridgehead atoms. The van der Waals surface area contributed by atoms with Crippen molar-refractivity contribution >= 4 is 38.3 Å². The van der Waals surface area contributed by atoms with E-state index in [4.69, 9.17) is 9.47 Å². The third kappa shape index (κ3) is 6.06. The number of carbonyl (C=O) groups excluding carboxylic acids is 1. The van der Waals surface area contributed by atoms with Gasteiger partial charge in [0.15, 0.2) is 5.13 Å². The lowest BCUT2D eigenvalue weighted by molar-refractivity contribution is -0.116. The number of nitrogens with zero attached hydrogens (tertiary/aromatic N) is 1. The average molecular weight is 489 g/mol. The monoisotopic (exact) mass is 488 g/mol. The van der Waals surface area contributed by atoms with Gasteiger partial charge in [0.2, 0.25) is 5.91 Å². The summed E-state index contributed by atoms with van der Waals surface area (Å²) in [5.74, 6) is 1.52. The molecule has 0 fully saturated rings. The molecule has 0 aliphatic carbocycles. The molecule has 0 unspecified atom stereocenters. The largest absolute Gasteiger partial charge is 0.493 e. The summed E-state index contributed by atoms with van der Waals surface area (Å²) in [5.41, 5.74) is 2.97. The number of amides is 1. The first kappa shape index (κ1) is 22.3. The molecule has 1 aromatic heterocycles. The fraction of sp³-hybridized carbons (Fsp3) is 0.304. The second kappa shape index (κ2) is 11.1. The molecule has 0 aliphatic rings. The van der Waals surface area contributed by atoms with Gasteiger partial charge in [0.05, 0.1) is 23.4 Å². The van der Waals surface area contributed by atoms with Gasteiger partial charge < -0.3 is 14.8 Å². The molecular formula is C23H25BrN2O3S. The standard InChI is InChI=1S/C23H25BrN2O3S/c1-3-16-11-12-21(18(24)14-16)29-13-7-10-22(27)26-23-25-19(15-30-23)17-8-5-6-9-20(17)28-4-2/h5-6,8-9,11-12,14-15H,3-4,7,10,13H2,1-2H3,(H,25,26,27). The third-order valence-electron chi connectivity index (χ3n) is 4.42. The zero-order chi connectivity index (χ0) is 21.3. The number of ether oxygens (including phenoxy) is 2. The lowest BCUT2D eigenvalue weighted by Crippen LogP contribution is -2.12. The van der Waals surface area contributed by atoms with E-state index < -0.39 is 0 Å². The topological polar surface area (TPSA) is 60.5 Å². The molecule has 0 aliphatic heterocycles. The number of carbonyl (C=O) groups is 1. The van der Waals surface area contributed by atoms with E-state index in [-0.39, 0.29) is 5.91 Å². The first-order valence-electron chi connectivity index (χ1n) is 9.99. The maximum absolute atomic E-state index is 12.3. The molecule has 7 heteroatoms. The van der Waals surface area contributed by atoms with Gasteiger partial charge in [-0.3, -0.25) is 4.79 Å². The van der Waals surface area contributed by atoms with E-state index >= 15 is 0 Å². The molecule has 5 nitrogen and oxygen atoms in total. The first-order chi connectivity index (χ1) is 14.6. The number of anilines is 1. The van der Waals surface area contributed by atoms with E-state index in [9.17, 15) is 4.79 Å². The number of halogens is 1. The number of benzene rings is 2. The van der Waals surface area contributed by atoms with E-state index in [0.29, 0.717) is 31.2 Å². The highest BCUT2D eigenvalue weighted by atomic mass is 79.9. The Morgan fingerprint density at radius 1 is 1.13 bits per heavy atom. The van der Waals surface area contributed by atoms with Crippen LogP contribution in [0.1, 0.15) is 32.3 Å². The second-order valence-electron chi connectivity index (χ2n) is 6.59. The molecule has 2 aromatic carbocycles. The number of thiazole rings is 1. The summed E-state index contributed by atoms with van der Waals surface area (Å²) in [6.07, 6.45) is 1.98. The summed E-state index contributed by atoms with van der Waals surface area (Å²) in [7, 11) is 0. The van der Waals surface area contributed by atoms with Crippen LogP contribution in [0.3, 0.4) is 0 Å². The van der Waals surface area contributed by atoms with Crippen molar-refractivity contribution in [1.29, 1.82) is 0 Å². The van der Waals surface area contributed by atoms with Crippen molar-refractivity contribution in [3.63, 3.8) is 0 Å². The van der Waals surface area contributed by atoms with Crippen molar-refractivity contribution < 1.29 is 14.3 Å². The number of hydrogen-bond donors (Lipinski definition) is 1. The smallest absolute Gasteiger partial charge is 0.226 e. The summed E-state index contributed by atoms with van der Waals surface area (Å²) in [6.45, 7) is 5.13. The van der Waals surface area contributed by atoms with E-state index in [0.717, 1.165) is 33.6 Å². The molecule has 0 saturated heterocycles. The molecule has 3 rings (SSSR count). The van der Waals surface area contributed by atoms with E-state index in [1.807, 2.05) is 42.6 Å². The van der Waals surface area contributed by atoms with Crippen molar-refractivity contribution in [1.82, 2.24) is 4.98 Å². The van der Waals surface area contributed by atoms with Crippen molar-refractivity contribution in [2.45, 2.75) is 33.1 Å². The minimum atomic E-state index is -0.0713. The summed E-state index contributed by atoms with van der Waals surface area (Å²) < 4.78 is 12.4. The number of para-hydroxylation sites is 1. The quantitative estimate of drug-likeness (QED) is 0.338. The van der Waals surface area contributed by atoms with Gasteiger partial charge in [0.25, 0.3) is 0 Å². The minimum absolute atomic E-state index is 0.0713. The van der Waals surface area contributed by atoms with Crippen LogP contribution in [0.15, 0.2) is 52.3 Å². The highest BCUT2D eigenvalue weighted by molar-refractivity contribution is 9.10. The summed E-state index contributed by atoms with van der Waals surface area (Å²) in [4.78, 5) is 16.8. The number of nitrogens with one attached hydrogen (secondary N) is 1. The van der Waals surface area contributed by atoms with Crippen LogP contribution < -0.4 is 14.8 Å². The average Bonchev–Trinajstić information content (AvgIpc) is 3.21. The lowest BCUT2D eigenvalue weighted by Gasteiger charge is -2.09. The molecule has 0 atom stereocenters. The first-order valence-corrected chi connectivity index (χ1v) is 11.7. The lowest BCUT2D eigenvalue weighted by atomic mass is 10.1. The molecule has 1 N–H and O–H groups in total. The van der Waals surface area contributed by atoms with Gasteiger partial charge in [-0.1, -0.05) is 25.1 Å². The highest BCUT2D eigenvalue weighted by Crippen LogP contribution is 2.32. The van der Waals surface area contributed by atoms with Gasteiger partial charge in [-0.05, 0) is 65.5 Å². The van der Waals surface area contributed by atoms with Crippen LogP contribution >= 0.6 is 27.3 Å². The van der Waals surface area contributed by atoms with Crippen LogP contribution in [-0.2, 0) is 11.2 Å². The maximum atomic E-state index is 12.3. The van der Waals surface area contributed by atoms with Crippen molar-refractivity contribution in [3.05, 3.63) is 57.9 Å². The van der Waals surface area contributed by atoms with Crippen LogP contribution in [0.25, 0.3) is 11.3 Å². The van der Waals surface area contributed by atoms with Gasteiger partial charge in [0.1, 0.15) is 11.5 Å². The molecule has 3 aromatic rings. The van der Waals surface area contributed by atoms with Gasteiger partial charge in [0, 0.05) is 17.4 Å². The van der Waals surface area contributed by atoms with E-state index in [1.54, 1.807) is 0 Å². The van der Waals surface area contributed by atoms with Crippen LogP contribution in [0.2, 0.25) is 0 Å².